The summed E-state index contributed by atoms with van der Waals surface area (Å²) in [6, 6.07) is 2.09. The molecule has 0 unspecified atom stereocenters. The first kappa shape index (κ1) is 15.1. The van der Waals surface area contributed by atoms with Crippen molar-refractivity contribution in [1.29, 1.82) is 0 Å². The maximum atomic E-state index is 13.3. The van der Waals surface area contributed by atoms with Crippen molar-refractivity contribution >= 4 is 5.78 Å². The molecule has 0 aliphatic heterocycles. The molecule has 1 heterocycles. The van der Waals surface area contributed by atoms with E-state index in [9.17, 15) is 22.4 Å². The number of hydrogen-bond donors (Lipinski definition) is 0. The van der Waals surface area contributed by atoms with Crippen molar-refractivity contribution < 1.29 is 22.4 Å². The molecule has 1 aromatic carbocycles. The fourth-order valence-electron chi connectivity index (χ4n) is 1.89. The summed E-state index contributed by atoms with van der Waals surface area (Å²) in [4.78, 5) is 18.9. The standard InChI is InChI=1S/C14H10F4N2O/c1-7-11(8(2)21)6-19-13(20-7)10-5-9(15)3-4-12(10)14(16,17)18/h3-6H,1-2H3. The van der Waals surface area contributed by atoms with E-state index in [0.717, 1.165) is 18.3 Å². The number of Topliss-reactive ketones (excluding diaryl/α,β-unsaturated/α-hetero) is 1. The summed E-state index contributed by atoms with van der Waals surface area (Å²) in [5.41, 5.74) is -1.03. The molecule has 2 aromatic rings. The zero-order valence-electron chi connectivity index (χ0n) is 11.1. The third kappa shape index (κ3) is 3.07. The Morgan fingerprint density at radius 2 is 1.90 bits per heavy atom. The number of ketones is 1. The molecule has 0 amide bonds. The number of benzene rings is 1. The number of aryl methyl sites for hydroxylation is 1. The van der Waals surface area contributed by atoms with Crippen LogP contribution in [0.15, 0.2) is 24.4 Å². The molecule has 2 rings (SSSR count). The number of alkyl halides is 3. The van der Waals surface area contributed by atoms with Crippen LogP contribution in [0.2, 0.25) is 0 Å². The lowest BCUT2D eigenvalue weighted by Crippen LogP contribution is -2.10. The first-order valence-corrected chi connectivity index (χ1v) is 5.92. The molecule has 0 aliphatic rings. The quantitative estimate of drug-likeness (QED) is 0.625. The van der Waals surface area contributed by atoms with Crippen LogP contribution in [0.4, 0.5) is 17.6 Å². The van der Waals surface area contributed by atoms with Crippen molar-refractivity contribution in [3.05, 3.63) is 47.0 Å². The second-order valence-electron chi connectivity index (χ2n) is 4.44. The van der Waals surface area contributed by atoms with E-state index in [1.54, 1.807) is 0 Å². The Morgan fingerprint density at radius 1 is 1.24 bits per heavy atom. The van der Waals surface area contributed by atoms with Gasteiger partial charge in [0.15, 0.2) is 11.6 Å². The highest BCUT2D eigenvalue weighted by Gasteiger charge is 2.34. The molecule has 3 nitrogen and oxygen atoms in total. The van der Waals surface area contributed by atoms with Gasteiger partial charge in [-0.15, -0.1) is 0 Å². The molecule has 21 heavy (non-hydrogen) atoms. The van der Waals surface area contributed by atoms with Crippen LogP contribution in [-0.4, -0.2) is 15.8 Å². The van der Waals surface area contributed by atoms with Gasteiger partial charge in [0.05, 0.1) is 16.8 Å². The SMILES string of the molecule is CC(=O)c1cnc(-c2cc(F)ccc2C(F)(F)F)nc1C. The zero-order chi connectivity index (χ0) is 15.8. The highest BCUT2D eigenvalue weighted by molar-refractivity contribution is 5.94. The predicted octanol–water partition coefficient (Wildman–Crippen LogP) is 3.81. The van der Waals surface area contributed by atoms with Crippen LogP contribution in [0.5, 0.6) is 0 Å². The highest BCUT2D eigenvalue weighted by atomic mass is 19.4. The minimum Gasteiger partial charge on any atom is -0.294 e. The highest BCUT2D eigenvalue weighted by Crippen LogP contribution is 2.36. The van der Waals surface area contributed by atoms with Gasteiger partial charge >= 0.3 is 6.18 Å². The van der Waals surface area contributed by atoms with E-state index in [1.807, 2.05) is 0 Å². The topological polar surface area (TPSA) is 42.9 Å². The van der Waals surface area contributed by atoms with Crippen LogP contribution < -0.4 is 0 Å². The molecule has 7 heteroatoms. The monoisotopic (exact) mass is 298 g/mol. The summed E-state index contributed by atoms with van der Waals surface area (Å²) in [6.07, 6.45) is -3.51. The molecule has 0 spiro atoms. The van der Waals surface area contributed by atoms with Gasteiger partial charge in [-0.3, -0.25) is 4.79 Å². The molecule has 0 atom stereocenters. The predicted molar refractivity (Wildman–Crippen MR) is 67.2 cm³/mol. The molecule has 0 saturated carbocycles. The van der Waals surface area contributed by atoms with Crippen LogP contribution >= 0.6 is 0 Å². The van der Waals surface area contributed by atoms with Crippen LogP contribution in [0.1, 0.15) is 28.5 Å². The molecule has 1 aromatic heterocycles. The second-order valence-corrected chi connectivity index (χ2v) is 4.44. The number of carbonyl (C=O) groups is 1. The van der Waals surface area contributed by atoms with E-state index in [1.165, 1.54) is 13.8 Å². The second kappa shape index (κ2) is 5.23. The van der Waals surface area contributed by atoms with Gasteiger partial charge in [0.25, 0.3) is 0 Å². The van der Waals surface area contributed by atoms with Gasteiger partial charge in [0.2, 0.25) is 0 Å². The number of rotatable bonds is 2. The lowest BCUT2D eigenvalue weighted by molar-refractivity contribution is -0.137. The minimum atomic E-state index is -4.65. The van der Waals surface area contributed by atoms with Crippen molar-refractivity contribution in [2.45, 2.75) is 20.0 Å². The van der Waals surface area contributed by atoms with Crippen molar-refractivity contribution in [3.63, 3.8) is 0 Å². The average molecular weight is 298 g/mol. The molecule has 0 radical (unpaired) electrons. The van der Waals surface area contributed by atoms with E-state index < -0.39 is 23.1 Å². The fourth-order valence-corrected chi connectivity index (χ4v) is 1.89. The Kier molecular flexibility index (Phi) is 3.76. The Labute approximate surface area is 117 Å². The number of nitrogens with zero attached hydrogens (tertiary/aromatic N) is 2. The van der Waals surface area contributed by atoms with Crippen LogP contribution in [0.25, 0.3) is 11.4 Å². The molecule has 0 saturated heterocycles. The van der Waals surface area contributed by atoms with Gasteiger partial charge in [-0.1, -0.05) is 0 Å². The Bertz CT molecular complexity index is 711. The Balaban J connectivity index is 2.64. The largest absolute Gasteiger partial charge is 0.417 e. The lowest BCUT2D eigenvalue weighted by Gasteiger charge is -2.12. The molecule has 0 fully saturated rings. The maximum Gasteiger partial charge on any atom is 0.417 e. The van der Waals surface area contributed by atoms with E-state index in [0.29, 0.717) is 6.07 Å². The van der Waals surface area contributed by atoms with Crippen molar-refractivity contribution in [2.75, 3.05) is 0 Å². The van der Waals surface area contributed by atoms with Gasteiger partial charge in [-0.25, -0.2) is 14.4 Å². The summed E-state index contributed by atoms with van der Waals surface area (Å²) in [5.74, 6) is -1.39. The van der Waals surface area contributed by atoms with Gasteiger partial charge in [-0.05, 0) is 32.0 Å². The molecule has 110 valence electrons. The first-order valence-electron chi connectivity index (χ1n) is 5.92. The number of hydrogen-bond acceptors (Lipinski definition) is 3. The number of halogens is 4. The molecule has 0 bridgehead atoms. The van der Waals surface area contributed by atoms with Crippen molar-refractivity contribution in [3.8, 4) is 11.4 Å². The van der Waals surface area contributed by atoms with Crippen LogP contribution in [0, 0.1) is 12.7 Å². The Morgan fingerprint density at radius 3 is 2.43 bits per heavy atom. The van der Waals surface area contributed by atoms with Gasteiger partial charge in [0, 0.05) is 11.8 Å². The third-order valence-corrected chi connectivity index (χ3v) is 2.89. The summed E-state index contributed by atoms with van der Waals surface area (Å²) in [7, 11) is 0. The zero-order valence-corrected chi connectivity index (χ0v) is 11.1. The molecular weight excluding hydrogens is 288 g/mol. The van der Waals surface area contributed by atoms with Gasteiger partial charge in [0.1, 0.15) is 5.82 Å². The fraction of sp³-hybridized carbons (Fsp3) is 0.214. The first-order chi connectivity index (χ1) is 9.70. The van der Waals surface area contributed by atoms with Crippen molar-refractivity contribution in [1.82, 2.24) is 9.97 Å². The maximum absolute atomic E-state index is 13.3. The van der Waals surface area contributed by atoms with Crippen molar-refractivity contribution in [2.24, 2.45) is 0 Å². The van der Waals surface area contributed by atoms with Gasteiger partial charge in [-0.2, -0.15) is 13.2 Å². The smallest absolute Gasteiger partial charge is 0.294 e. The van der Waals surface area contributed by atoms with E-state index in [2.05, 4.69) is 9.97 Å². The lowest BCUT2D eigenvalue weighted by atomic mass is 10.1. The van der Waals surface area contributed by atoms with Crippen LogP contribution in [0.3, 0.4) is 0 Å². The third-order valence-electron chi connectivity index (χ3n) is 2.89. The minimum absolute atomic E-state index is 0.212. The summed E-state index contributed by atoms with van der Waals surface area (Å²) in [6.45, 7) is 2.78. The van der Waals surface area contributed by atoms with Crippen LogP contribution in [-0.2, 0) is 6.18 Å². The Hall–Kier alpha value is -2.31. The number of aromatic nitrogens is 2. The van der Waals surface area contributed by atoms with Gasteiger partial charge < -0.3 is 0 Å². The summed E-state index contributed by atoms with van der Waals surface area (Å²) < 4.78 is 52.1. The van der Waals surface area contributed by atoms with E-state index in [4.69, 9.17) is 0 Å². The molecule has 0 aliphatic carbocycles. The van der Waals surface area contributed by atoms with E-state index in [-0.39, 0.29) is 22.9 Å². The average Bonchev–Trinajstić information content (AvgIpc) is 2.36. The summed E-state index contributed by atoms with van der Waals surface area (Å²) >= 11 is 0. The summed E-state index contributed by atoms with van der Waals surface area (Å²) in [5, 5.41) is 0. The number of carbonyl (C=O) groups excluding carboxylic acids is 1. The molecule has 0 N–H and O–H groups in total. The normalized spacial score (nSPS) is 11.5. The molecular formula is C14H10F4N2O. The van der Waals surface area contributed by atoms with E-state index >= 15 is 0 Å².